The van der Waals surface area contributed by atoms with Crippen LogP contribution in [-0.4, -0.2) is 59.0 Å². The van der Waals surface area contributed by atoms with Crippen molar-refractivity contribution in [2.75, 3.05) is 32.8 Å². The molecule has 1 unspecified atom stereocenters. The summed E-state index contributed by atoms with van der Waals surface area (Å²) in [6.45, 7) is 4.54. The van der Waals surface area contributed by atoms with Gasteiger partial charge in [0.1, 0.15) is 0 Å². The Labute approximate surface area is 83.9 Å². The highest BCUT2D eigenvalue weighted by molar-refractivity contribution is 7.80. The van der Waals surface area contributed by atoms with Crippen LogP contribution in [0.5, 0.6) is 0 Å². The van der Waals surface area contributed by atoms with Crippen LogP contribution in [-0.2, 0) is 4.79 Å². The van der Waals surface area contributed by atoms with E-state index in [4.69, 9.17) is 5.11 Å². The largest absolute Gasteiger partial charge is 0.395 e. The molecule has 0 aliphatic carbocycles. The van der Waals surface area contributed by atoms with E-state index in [-0.39, 0.29) is 17.9 Å². The van der Waals surface area contributed by atoms with Gasteiger partial charge >= 0.3 is 0 Å². The van der Waals surface area contributed by atoms with E-state index in [1.807, 2.05) is 11.8 Å². The van der Waals surface area contributed by atoms with Gasteiger partial charge in [-0.2, -0.15) is 12.6 Å². The summed E-state index contributed by atoms with van der Waals surface area (Å²) in [6.07, 6.45) is 0. The first kappa shape index (κ1) is 10.8. The number of piperazine rings is 1. The molecule has 1 N–H and O–H groups in total. The summed E-state index contributed by atoms with van der Waals surface area (Å²) in [5.74, 6) is 0.0993. The molecule has 0 spiro atoms. The first-order valence-electron chi connectivity index (χ1n) is 4.46. The fourth-order valence-corrected chi connectivity index (χ4v) is 1.71. The number of nitrogens with zero attached hydrogens (tertiary/aromatic N) is 2. The number of hydrogen-bond donors (Lipinski definition) is 2. The Kier molecular flexibility index (Phi) is 4.02. The van der Waals surface area contributed by atoms with E-state index in [1.54, 1.807) is 4.90 Å². The summed E-state index contributed by atoms with van der Waals surface area (Å²) in [5.41, 5.74) is 0. The lowest BCUT2D eigenvalue weighted by atomic mass is 10.3. The van der Waals surface area contributed by atoms with Gasteiger partial charge in [-0.3, -0.25) is 9.69 Å². The van der Waals surface area contributed by atoms with Crippen molar-refractivity contribution >= 4 is 18.5 Å². The Morgan fingerprint density at radius 1 is 1.62 bits per heavy atom. The summed E-state index contributed by atoms with van der Waals surface area (Å²) < 4.78 is 0. The van der Waals surface area contributed by atoms with Crippen molar-refractivity contribution in [3.8, 4) is 0 Å². The van der Waals surface area contributed by atoms with Crippen molar-refractivity contribution < 1.29 is 9.90 Å². The summed E-state index contributed by atoms with van der Waals surface area (Å²) in [6, 6.07) is 0. The van der Waals surface area contributed by atoms with Gasteiger partial charge in [-0.25, -0.2) is 0 Å². The number of hydrogen-bond acceptors (Lipinski definition) is 4. The molecule has 0 aromatic carbocycles. The smallest absolute Gasteiger partial charge is 0.237 e. The highest BCUT2D eigenvalue weighted by Gasteiger charge is 2.25. The van der Waals surface area contributed by atoms with E-state index in [9.17, 15) is 4.79 Å². The number of rotatable bonds is 3. The summed E-state index contributed by atoms with van der Waals surface area (Å²) in [7, 11) is 0. The van der Waals surface area contributed by atoms with Crippen LogP contribution in [0, 0.1) is 0 Å². The van der Waals surface area contributed by atoms with Gasteiger partial charge in [-0.1, -0.05) is 0 Å². The molecule has 1 aliphatic rings. The van der Waals surface area contributed by atoms with Crippen LogP contribution in [0.4, 0.5) is 0 Å². The van der Waals surface area contributed by atoms with E-state index in [0.717, 1.165) is 6.54 Å². The van der Waals surface area contributed by atoms with Crippen molar-refractivity contribution in [2.45, 2.75) is 12.3 Å². The molecule has 1 rings (SSSR count). The Bertz CT molecular complexity index is 187. The number of carbonyl (C=O) groups is 1. The topological polar surface area (TPSA) is 43.8 Å². The van der Waals surface area contributed by atoms with Crippen LogP contribution in [0.25, 0.3) is 0 Å². The van der Waals surface area contributed by atoms with E-state index in [2.05, 4.69) is 12.6 Å². The van der Waals surface area contributed by atoms with Crippen molar-refractivity contribution in [3.63, 3.8) is 0 Å². The minimum Gasteiger partial charge on any atom is -0.395 e. The number of aliphatic hydroxyl groups is 1. The fraction of sp³-hybridized carbons (Fsp3) is 0.875. The van der Waals surface area contributed by atoms with Crippen LogP contribution in [0.1, 0.15) is 6.92 Å². The Morgan fingerprint density at radius 3 is 2.77 bits per heavy atom. The second-order valence-electron chi connectivity index (χ2n) is 3.22. The molecule has 0 saturated carbocycles. The number of thiol groups is 1. The maximum atomic E-state index is 11.5. The maximum absolute atomic E-state index is 11.5. The molecule has 1 heterocycles. The van der Waals surface area contributed by atoms with Gasteiger partial charge in [-0.15, -0.1) is 0 Å². The second kappa shape index (κ2) is 4.83. The summed E-state index contributed by atoms with van der Waals surface area (Å²) in [4.78, 5) is 15.2. The van der Waals surface area contributed by atoms with Gasteiger partial charge in [0, 0.05) is 19.6 Å². The third kappa shape index (κ3) is 2.86. The lowest BCUT2D eigenvalue weighted by Gasteiger charge is -2.35. The first-order chi connectivity index (χ1) is 6.15. The molecule has 13 heavy (non-hydrogen) atoms. The zero-order valence-electron chi connectivity index (χ0n) is 7.81. The second-order valence-corrected chi connectivity index (χ2v) is 3.97. The zero-order valence-corrected chi connectivity index (χ0v) is 8.70. The molecular formula is C8H16N2O2S. The molecule has 76 valence electrons. The van der Waals surface area contributed by atoms with E-state index < -0.39 is 0 Å². The van der Waals surface area contributed by atoms with Crippen LogP contribution >= 0.6 is 12.6 Å². The molecule has 1 atom stereocenters. The molecule has 0 radical (unpaired) electrons. The predicted molar refractivity (Wildman–Crippen MR) is 53.7 cm³/mol. The molecule has 1 amide bonds. The minimum absolute atomic E-state index is 0.0104. The number of amides is 1. The number of aliphatic hydroxyl groups excluding tert-OH is 1. The van der Waals surface area contributed by atoms with Crippen molar-refractivity contribution in [1.29, 1.82) is 0 Å². The van der Waals surface area contributed by atoms with Gasteiger partial charge in [0.25, 0.3) is 0 Å². The Balaban J connectivity index is 2.42. The third-order valence-electron chi connectivity index (χ3n) is 2.20. The quantitative estimate of drug-likeness (QED) is 0.603. The molecule has 0 aromatic rings. The number of carbonyl (C=O) groups excluding carboxylic acids is 1. The molecular weight excluding hydrogens is 188 g/mol. The van der Waals surface area contributed by atoms with Crippen LogP contribution in [0.2, 0.25) is 0 Å². The van der Waals surface area contributed by atoms with Gasteiger partial charge in [0.2, 0.25) is 5.91 Å². The molecule has 4 nitrogen and oxygen atoms in total. The average molecular weight is 204 g/mol. The first-order valence-corrected chi connectivity index (χ1v) is 4.97. The van der Waals surface area contributed by atoms with Gasteiger partial charge in [0.15, 0.2) is 0 Å². The number of β-amino-alcohol motifs (C(OH)–C–C–N with tert-alkyl or cyclic N) is 1. The zero-order chi connectivity index (χ0) is 9.84. The summed E-state index contributed by atoms with van der Waals surface area (Å²) >= 11 is 4.22. The minimum atomic E-state index is -0.0104. The van der Waals surface area contributed by atoms with Crippen molar-refractivity contribution in [3.05, 3.63) is 0 Å². The van der Waals surface area contributed by atoms with Crippen molar-refractivity contribution in [2.24, 2.45) is 0 Å². The van der Waals surface area contributed by atoms with E-state index >= 15 is 0 Å². The molecule has 1 saturated heterocycles. The van der Waals surface area contributed by atoms with Crippen molar-refractivity contribution in [1.82, 2.24) is 9.80 Å². The SMILES string of the molecule is CC(S)N1CCN(CCO)CC1=O. The van der Waals surface area contributed by atoms with Crippen LogP contribution < -0.4 is 0 Å². The molecule has 1 aliphatic heterocycles. The highest BCUT2D eigenvalue weighted by atomic mass is 32.1. The molecule has 1 fully saturated rings. The normalized spacial score (nSPS) is 22.1. The average Bonchev–Trinajstić information content (AvgIpc) is 2.04. The third-order valence-corrected chi connectivity index (χ3v) is 2.48. The standard InChI is InChI=1S/C8H16N2O2S/c1-7(13)10-3-2-9(4-5-11)6-8(10)12/h7,11,13H,2-6H2,1H3. The fourth-order valence-electron chi connectivity index (χ4n) is 1.46. The van der Waals surface area contributed by atoms with Crippen LogP contribution in [0.3, 0.4) is 0 Å². The Hall–Kier alpha value is -0.260. The van der Waals surface area contributed by atoms with Gasteiger partial charge < -0.3 is 10.0 Å². The van der Waals surface area contributed by atoms with Gasteiger partial charge in [0.05, 0.1) is 18.5 Å². The summed E-state index contributed by atoms with van der Waals surface area (Å²) in [5, 5.41) is 8.69. The molecule has 0 aromatic heterocycles. The van der Waals surface area contributed by atoms with E-state index in [1.165, 1.54) is 0 Å². The molecule has 5 heteroatoms. The lowest BCUT2D eigenvalue weighted by Crippen LogP contribution is -2.52. The predicted octanol–water partition coefficient (Wildman–Crippen LogP) is -0.601. The Morgan fingerprint density at radius 2 is 2.31 bits per heavy atom. The highest BCUT2D eigenvalue weighted by Crippen LogP contribution is 2.09. The maximum Gasteiger partial charge on any atom is 0.237 e. The van der Waals surface area contributed by atoms with Gasteiger partial charge in [-0.05, 0) is 6.92 Å². The monoisotopic (exact) mass is 204 g/mol. The molecule has 0 bridgehead atoms. The lowest BCUT2D eigenvalue weighted by molar-refractivity contribution is -0.136. The van der Waals surface area contributed by atoms with E-state index in [0.29, 0.717) is 19.6 Å². The van der Waals surface area contributed by atoms with Crippen LogP contribution in [0.15, 0.2) is 0 Å².